The van der Waals surface area contributed by atoms with Gasteiger partial charge in [-0.05, 0) is 25.8 Å². The van der Waals surface area contributed by atoms with E-state index in [0.29, 0.717) is 30.8 Å². The van der Waals surface area contributed by atoms with Gasteiger partial charge in [0, 0.05) is 18.7 Å². The minimum absolute atomic E-state index is 0.0662. The van der Waals surface area contributed by atoms with Crippen molar-refractivity contribution < 1.29 is 13.2 Å². The fourth-order valence-corrected chi connectivity index (χ4v) is 2.56. The Labute approximate surface area is 113 Å². The van der Waals surface area contributed by atoms with Gasteiger partial charge in [-0.3, -0.25) is 4.72 Å². The summed E-state index contributed by atoms with van der Waals surface area (Å²) >= 11 is 0. The van der Waals surface area contributed by atoms with Crippen LogP contribution in [0.2, 0.25) is 0 Å². The third-order valence-corrected chi connectivity index (χ3v) is 3.97. The second-order valence-corrected chi connectivity index (χ2v) is 6.31. The van der Waals surface area contributed by atoms with Gasteiger partial charge in [0.1, 0.15) is 0 Å². The zero-order valence-corrected chi connectivity index (χ0v) is 11.7. The van der Waals surface area contributed by atoms with E-state index in [-0.39, 0.29) is 5.75 Å². The number of pyridine rings is 1. The van der Waals surface area contributed by atoms with Gasteiger partial charge < -0.3 is 10.1 Å². The molecule has 0 aromatic carbocycles. The minimum atomic E-state index is -3.32. The van der Waals surface area contributed by atoms with Crippen LogP contribution in [-0.4, -0.2) is 38.3 Å². The molecule has 1 fully saturated rings. The molecule has 1 aromatic rings. The van der Waals surface area contributed by atoms with E-state index in [2.05, 4.69) is 15.0 Å². The van der Waals surface area contributed by atoms with E-state index >= 15 is 0 Å². The molecule has 0 aliphatic heterocycles. The lowest BCUT2D eigenvalue weighted by atomic mass is 10.4. The maximum absolute atomic E-state index is 11.8. The molecule has 19 heavy (non-hydrogen) atoms. The van der Waals surface area contributed by atoms with Crippen LogP contribution < -0.4 is 14.8 Å². The van der Waals surface area contributed by atoms with Crippen molar-refractivity contribution in [1.29, 1.82) is 0 Å². The van der Waals surface area contributed by atoms with Gasteiger partial charge in [-0.1, -0.05) is 0 Å². The summed E-state index contributed by atoms with van der Waals surface area (Å²) in [6, 6.07) is 3.80. The lowest BCUT2D eigenvalue weighted by Crippen LogP contribution is -2.28. The Hall–Kier alpha value is -1.34. The molecule has 0 bridgehead atoms. The number of hydrogen-bond acceptors (Lipinski definition) is 5. The highest BCUT2D eigenvalue weighted by Crippen LogP contribution is 2.18. The normalized spacial score (nSPS) is 15.2. The molecule has 6 nitrogen and oxygen atoms in total. The molecule has 0 radical (unpaired) electrons. The van der Waals surface area contributed by atoms with Crippen molar-refractivity contribution in [1.82, 2.24) is 10.3 Å². The molecule has 0 unspecified atom stereocenters. The molecule has 1 aliphatic carbocycles. The smallest absolute Gasteiger partial charge is 0.234 e. The van der Waals surface area contributed by atoms with Crippen molar-refractivity contribution in [2.24, 2.45) is 0 Å². The van der Waals surface area contributed by atoms with Crippen LogP contribution >= 0.6 is 0 Å². The molecule has 2 rings (SSSR count). The van der Waals surface area contributed by atoms with Crippen LogP contribution in [0.4, 0.5) is 5.69 Å². The highest BCUT2D eigenvalue weighted by molar-refractivity contribution is 7.92. The average Bonchev–Trinajstić information content (AvgIpc) is 3.15. The van der Waals surface area contributed by atoms with Crippen molar-refractivity contribution in [3.05, 3.63) is 18.3 Å². The van der Waals surface area contributed by atoms with Gasteiger partial charge in [-0.2, -0.15) is 0 Å². The number of hydrogen-bond donors (Lipinski definition) is 2. The summed E-state index contributed by atoms with van der Waals surface area (Å²) in [6.45, 7) is 2.88. The lowest BCUT2D eigenvalue weighted by Gasteiger charge is -2.09. The monoisotopic (exact) mass is 285 g/mol. The Bertz CT molecular complexity index is 497. The summed E-state index contributed by atoms with van der Waals surface area (Å²) in [4.78, 5) is 4.01. The second kappa shape index (κ2) is 6.21. The maximum atomic E-state index is 11.8. The molecule has 1 saturated carbocycles. The number of aromatic nitrogens is 1. The Kier molecular flexibility index (Phi) is 4.60. The number of nitrogens with zero attached hydrogens (tertiary/aromatic N) is 1. The molecule has 0 spiro atoms. The fourth-order valence-electron chi connectivity index (χ4n) is 1.59. The van der Waals surface area contributed by atoms with E-state index in [4.69, 9.17) is 4.74 Å². The van der Waals surface area contributed by atoms with Crippen LogP contribution in [0.1, 0.15) is 19.8 Å². The van der Waals surface area contributed by atoms with Crippen LogP contribution in [0.3, 0.4) is 0 Å². The first-order valence-corrected chi connectivity index (χ1v) is 8.07. The third kappa shape index (κ3) is 5.04. The van der Waals surface area contributed by atoms with E-state index in [1.165, 1.54) is 6.20 Å². The standard InChI is InChI=1S/C12H19N3O3S/c1-2-18-12-6-5-11(9-14-12)15-19(16,17)8-7-13-10-3-4-10/h5-6,9-10,13,15H,2-4,7-8H2,1H3. The van der Waals surface area contributed by atoms with Crippen molar-refractivity contribution in [3.63, 3.8) is 0 Å². The molecular weight excluding hydrogens is 266 g/mol. The van der Waals surface area contributed by atoms with Gasteiger partial charge in [0.15, 0.2) is 0 Å². The molecule has 1 heterocycles. The van der Waals surface area contributed by atoms with E-state index in [1.54, 1.807) is 12.1 Å². The van der Waals surface area contributed by atoms with E-state index in [1.807, 2.05) is 6.92 Å². The first kappa shape index (κ1) is 14.1. The van der Waals surface area contributed by atoms with Gasteiger partial charge >= 0.3 is 0 Å². The Morgan fingerprint density at radius 3 is 2.79 bits per heavy atom. The third-order valence-electron chi connectivity index (χ3n) is 2.68. The molecule has 2 N–H and O–H groups in total. The summed E-state index contributed by atoms with van der Waals surface area (Å²) in [5.74, 6) is 0.553. The number of ether oxygens (including phenoxy) is 1. The highest BCUT2D eigenvalue weighted by Gasteiger charge is 2.21. The molecule has 1 aromatic heterocycles. The zero-order chi connectivity index (χ0) is 13.7. The fraction of sp³-hybridized carbons (Fsp3) is 0.583. The Morgan fingerprint density at radius 1 is 1.42 bits per heavy atom. The topological polar surface area (TPSA) is 80.3 Å². The summed E-state index contributed by atoms with van der Waals surface area (Å²) in [6.07, 6.45) is 3.75. The largest absolute Gasteiger partial charge is 0.478 e. The molecule has 106 valence electrons. The van der Waals surface area contributed by atoms with Crippen LogP contribution in [0.5, 0.6) is 5.88 Å². The summed E-state index contributed by atoms with van der Waals surface area (Å²) in [5.41, 5.74) is 0.454. The number of sulfonamides is 1. The first-order chi connectivity index (χ1) is 9.09. The quantitative estimate of drug-likeness (QED) is 0.744. The summed E-state index contributed by atoms with van der Waals surface area (Å²) in [7, 11) is -3.32. The molecular formula is C12H19N3O3S. The zero-order valence-electron chi connectivity index (χ0n) is 10.9. The van der Waals surface area contributed by atoms with Gasteiger partial charge in [-0.25, -0.2) is 13.4 Å². The second-order valence-electron chi connectivity index (χ2n) is 4.47. The first-order valence-electron chi connectivity index (χ1n) is 6.42. The number of anilines is 1. The Balaban J connectivity index is 1.83. The Morgan fingerprint density at radius 2 is 2.21 bits per heavy atom. The summed E-state index contributed by atoms with van der Waals surface area (Å²) in [5, 5.41) is 3.17. The number of nitrogens with one attached hydrogen (secondary N) is 2. The maximum Gasteiger partial charge on any atom is 0.234 e. The SMILES string of the molecule is CCOc1ccc(NS(=O)(=O)CCNC2CC2)cn1. The van der Waals surface area contributed by atoms with Gasteiger partial charge in [-0.15, -0.1) is 0 Å². The van der Waals surface area contributed by atoms with Crippen LogP contribution in [0, 0.1) is 0 Å². The van der Waals surface area contributed by atoms with E-state index < -0.39 is 10.0 Å². The van der Waals surface area contributed by atoms with E-state index in [9.17, 15) is 8.42 Å². The predicted octanol–water partition coefficient (Wildman–Crippen LogP) is 0.974. The van der Waals surface area contributed by atoms with Gasteiger partial charge in [0.2, 0.25) is 15.9 Å². The number of rotatable bonds is 8. The predicted molar refractivity (Wildman–Crippen MR) is 73.8 cm³/mol. The molecule has 0 saturated heterocycles. The average molecular weight is 285 g/mol. The van der Waals surface area contributed by atoms with Gasteiger partial charge in [0.05, 0.1) is 24.2 Å². The lowest BCUT2D eigenvalue weighted by molar-refractivity contribution is 0.327. The van der Waals surface area contributed by atoms with Crippen molar-refractivity contribution >= 4 is 15.7 Å². The van der Waals surface area contributed by atoms with Gasteiger partial charge in [0.25, 0.3) is 0 Å². The van der Waals surface area contributed by atoms with Crippen LogP contribution in [0.25, 0.3) is 0 Å². The molecule has 7 heteroatoms. The molecule has 0 amide bonds. The van der Waals surface area contributed by atoms with Crippen LogP contribution in [0.15, 0.2) is 18.3 Å². The minimum Gasteiger partial charge on any atom is -0.478 e. The van der Waals surface area contributed by atoms with E-state index in [0.717, 1.165) is 12.8 Å². The van der Waals surface area contributed by atoms with Crippen molar-refractivity contribution in [2.75, 3.05) is 23.6 Å². The molecule has 1 aliphatic rings. The highest BCUT2D eigenvalue weighted by atomic mass is 32.2. The van der Waals surface area contributed by atoms with Crippen LogP contribution in [-0.2, 0) is 10.0 Å². The van der Waals surface area contributed by atoms with Crippen molar-refractivity contribution in [2.45, 2.75) is 25.8 Å². The van der Waals surface area contributed by atoms with Crippen molar-refractivity contribution in [3.8, 4) is 5.88 Å². The molecule has 0 atom stereocenters. The summed E-state index contributed by atoms with van der Waals surface area (Å²) < 4.78 is 31.3.